The van der Waals surface area contributed by atoms with Gasteiger partial charge in [-0.15, -0.1) is 0 Å². The van der Waals surface area contributed by atoms with Gasteiger partial charge in [0.15, 0.2) is 0 Å². The van der Waals surface area contributed by atoms with E-state index in [1.54, 1.807) is 12.1 Å². The van der Waals surface area contributed by atoms with Gasteiger partial charge in [0.05, 0.1) is 5.56 Å². The van der Waals surface area contributed by atoms with Gasteiger partial charge in [0.25, 0.3) is 5.91 Å². The lowest BCUT2D eigenvalue weighted by molar-refractivity contribution is 0.0773. The first-order valence-corrected chi connectivity index (χ1v) is 8.98. The zero-order chi connectivity index (χ0) is 18.8. The van der Waals surface area contributed by atoms with Crippen LogP contribution in [0, 0.1) is 12.7 Å². The van der Waals surface area contributed by atoms with E-state index in [4.69, 9.17) is 0 Å². The average Bonchev–Trinajstić information content (AvgIpc) is 3.10. The van der Waals surface area contributed by atoms with Gasteiger partial charge in [0, 0.05) is 24.3 Å². The molecule has 0 aliphatic carbocycles. The molecule has 3 aromatic rings. The summed E-state index contributed by atoms with van der Waals surface area (Å²) in [4.78, 5) is 15.0. The predicted molar refractivity (Wildman–Crippen MR) is 104 cm³/mol. The standard InChI is InChI=1S/C22H20FN3O/c1-15-20(21(25-24-15)18-5-3-2-4-6-18)22(27)26-13-11-17(12-14-26)16-7-9-19(23)10-8-16/h2-11H,12-14H2,1H3,(H,24,25). The maximum Gasteiger partial charge on any atom is 0.258 e. The van der Waals surface area contributed by atoms with Gasteiger partial charge in [-0.25, -0.2) is 4.39 Å². The summed E-state index contributed by atoms with van der Waals surface area (Å²) in [7, 11) is 0. The summed E-state index contributed by atoms with van der Waals surface area (Å²) in [6, 6.07) is 16.2. The number of aromatic amines is 1. The lowest BCUT2D eigenvalue weighted by Gasteiger charge is -2.27. The zero-order valence-corrected chi connectivity index (χ0v) is 15.1. The predicted octanol–water partition coefficient (Wildman–Crippen LogP) is 4.45. The van der Waals surface area contributed by atoms with Gasteiger partial charge in [-0.05, 0) is 36.6 Å². The molecule has 0 unspecified atom stereocenters. The molecule has 1 aromatic heterocycles. The lowest BCUT2D eigenvalue weighted by Crippen LogP contribution is -2.35. The second-order valence-corrected chi connectivity index (χ2v) is 6.68. The Kier molecular flexibility index (Phi) is 4.59. The van der Waals surface area contributed by atoms with Crippen LogP contribution in [0.4, 0.5) is 4.39 Å². The van der Waals surface area contributed by atoms with Crippen molar-refractivity contribution in [2.75, 3.05) is 13.1 Å². The number of hydrogen-bond acceptors (Lipinski definition) is 2. The van der Waals surface area contributed by atoms with Crippen LogP contribution in [-0.4, -0.2) is 34.1 Å². The second-order valence-electron chi connectivity index (χ2n) is 6.68. The molecule has 4 nitrogen and oxygen atoms in total. The molecule has 1 aliphatic rings. The Bertz CT molecular complexity index is 990. The van der Waals surface area contributed by atoms with Crippen molar-refractivity contribution in [1.82, 2.24) is 15.1 Å². The number of nitrogens with one attached hydrogen (secondary N) is 1. The minimum absolute atomic E-state index is 0.0190. The molecule has 2 aromatic carbocycles. The highest BCUT2D eigenvalue weighted by Crippen LogP contribution is 2.27. The first-order valence-electron chi connectivity index (χ1n) is 8.98. The van der Waals surface area contributed by atoms with Crippen LogP contribution >= 0.6 is 0 Å². The fourth-order valence-corrected chi connectivity index (χ4v) is 3.43. The number of nitrogens with zero attached hydrogens (tertiary/aromatic N) is 2. The number of aryl methyl sites for hydroxylation is 1. The van der Waals surface area contributed by atoms with Crippen molar-refractivity contribution in [3.05, 3.63) is 83.3 Å². The van der Waals surface area contributed by atoms with Gasteiger partial charge in [-0.2, -0.15) is 5.10 Å². The Morgan fingerprint density at radius 1 is 1.07 bits per heavy atom. The van der Waals surface area contributed by atoms with Gasteiger partial charge in [-0.1, -0.05) is 48.5 Å². The van der Waals surface area contributed by atoms with Crippen molar-refractivity contribution >= 4 is 11.5 Å². The third kappa shape index (κ3) is 3.40. The van der Waals surface area contributed by atoms with E-state index in [2.05, 4.69) is 10.2 Å². The third-order valence-electron chi connectivity index (χ3n) is 4.92. The van der Waals surface area contributed by atoms with Crippen molar-refractivity contribution in [3.63, 3.8) is 0 Å². The van der Waals surface area contributed by atoms with Crippen LogP contribution in [0.2, 0.25) is 0 Å². The summed E-state index contributed by atoms with van der Waals surface area (Å²) in [5.74, 6) is -0.259. The van der Waals surface area contributed by atoms with E-state index in [9.17, 15) is 9.18 Å². The number of aromatic nitrogens is 2. The summed E-state index contributed by atoms with van der Waals surface area (Å²) in [5, 5.41) is 7.30. The molecule has 1 amide bonds. The monoisotopic (exact) mass is 361 g/mol. The van der Waals surface area contributed by atoms with Crippen molar-refractivity contribution in [2.45, 2.75) is 13.3 Å². The zero-order valence-electron chi connectivity index (χ0n) is 15.1. The highest BCUT2D eigenvalue weighted by Gasteiger charge is 2.25. The van der Waals surface area contributed by atoms with E-state index in [0.29, 0.717) is 24.3 Å². The second kappa shape index (κ2) is 7.19. The highest BCUT2D eigenvalue weighted by atomic mass is 19.1. The molecule has 0 atom stereocenters. The molecule has 0 saturated heterocycles. The molecule has 27 heavy (non-hydrogen) atoms. The quantitative estimate of drug-likeness (QED) is 0.749. The summed E-state index contributed by atoms with van der Waals surface area (Å²) in [6.45, 7) is 3.03. The van der Waals surface area contributed by atoms with E-state index in [1.807, 2.05) is 48.2 Å². The van der Waals surface area contributed by atoms with E-state index in [-0.39, 0.29) is 11.7 Å². The number of H-pyrrole nitrogens is 1. The minimum Gasteiger partial charge on any atom is -0.334 e. The first kappa shape index (κ1) is 17.2. The smallest absolute Gasteiger partial charge is 0.258 e. The number of rotatable bonds is 3. The molecular formula is C22H20FN3O. The Hall–Kier alpha value is -3.21. The normalized spacial score (nSPS) is 14.1. The van der Waals surface area contributed by atoms with E-state index < -0.39 is 0 Å². The van der Waals surface area contributed by atoms with Crippen LogP contribution < -0.4 is 0 Å². The Balaban J connectivity index is 1.57. The van der Waals surface area contributed by atoms with Gasteiger partial charge >= 0.3 is 0 Å². The topological polar surface area (TPSA) is 49.0 Å². The molecule has 136 valence electrons. The van der Waals surface area contributed by atoms with E-state index in [0.717, 1.165) is 28.8 Å². The number of benzene rings is 2. The Morgan fingerprint density at radius 3 is 2.48 bits per heavy atom. The fraction of sp³-hybridized carbons (Fsp3) is 0.182. The maximum atomic E-state index is 13.2. The SMILES string of the molecule is Cc1[nH]nc(-c2ccccc2)c1C(=O)N1CC=C(c2ccc(F)cc2)CC1. The van der Waals surface area contributed by atoms with Crippen LogP contribution in [0.1, 0.15) is 28.0 Å². The van der Waals surface area contributed by atoms with Gasteiger partial charge in [-0.3, -0.25) is 9.89 Å². The molecule has 1 aliphatic heterocycles. The first-order chi connectivity index (χ1) is 13.1. The van der Waals surface area contributed by atoms with Crippen LogP contribution in [-0.2, 0) is 0 Å². The van der Waals surface area contributed by atoms with E-state index >= 15 is 0 Å². The van der Waals surface area contributed by atoms with Crippen LogP contribution in [0.25, 0.3) is 16.8 Å². The van der Waals surface area contributed by atoms with Crippen LogP contribution in [0.5, 0.6) is 0 Å². The average molecular weight is 361 g/mol. The molecule has 5 heteroatoms. The van der Waals surface area contributed by atoms with Crippen LogP contribution in [0.15, 0.2) is 60.7 Å². The molecule has 0 saturated carbocycles. The number of carbonyl (C=O) groups is 1. The minimum atomic E-state index is -0.240. The summed E-state index contributed by atoms with van der Waals surface area (Å²) in [5.41, 5.74) is 5.15. The number of amides is 1. The van der Waals surface area contributed by atoms with E-state index in [1.165, 1.54) is 12.1 Å². The molecule has 0 bridgehead atoms. The molecule has 1 N–H and O–H groups in total. The Morgan fingerprint density at radius 2 is 1.81 bits per heavy atom. The van der Waals surface area contributed by atoms with Crippen LogP contribution in [0.3, 0.4) is 0 Å². The molecule has 0 spiro atoms. The van der Waals surface area contributed by atoms with Gasteiger partial charge in [0.1, 0.15) is 11.5 Å². The van der Waals surface area contributed by atoms with Crippen molar-refractivity contribution in [2.24, 2.45) is 0 Å². The molecule has 2 heterocycles. The lowest BCUT2D eigenvalue weighted by atomic mass is 9.98. The number of hydrogen-bond donors (Lipinski definition) is 1. The number of carbonyl (C=O) groups excluding carboxylic acids is 1. The van der Waals surface area contributed by atoms with Crippen molar-refractivity contribution < 1.29 is 9.18 Å². The molecular weight excluding hydrogens is 341 g/mol. The maximum absolute atomic E-state index is 13.2. The van der Waals surface area contributed by atoms with Crippen molar-refractivity contribution in [3.8, 4) is 11.3 Å². The number of halogens is 1. The third-order valence-corrected chi connectivity index (χ3v) is 4.92. The Labute approximate surface area is 157 Å². The fourth-order valence-electron chi connectivity index (χ4n) is 3.43. The molecule has 4 rings (SSSR count). The highest BCUT2D eigenvalue weighted by molar-refractivity contribution is 6.01. The van der Waals surface area contributed by atoms with Crippen molar-refractivity contribution in [1.29, 1.82) is 0 Å². The molecule has 0 radical (unpaired) electrons. The largest absolute Gasteiger partial charge is 0.334 e. The summed E-state index contributed by atoms with van der Waals surface area (Å²) < 4.78 is 13.1. The van der Waals surface area contributed by atoms with Gasteiger partial charge in [0.2, 0.25) is 0 Å². The summed E-state index contributed by atoms with van der Waals surface area (Å²) in [6.07, 6.45) is 2.79. The molecule has 0 fully saturated rings. The van der Waals surface area contributed by atoms with Gasteiger partial charge < -0.3 is 4.90 Å². The summed E-state index contributed by atoms with van der Waals surface area (Å²) >= 11 is 0.